The summed E-state index contributed by atoms with van der Waals surface area (Å²) in [5.74, 6) is 0.402. The molecule has 1 N–H and O–H groups in total. The minimum Gasteiger partial charge on any atom is -0.480 e. The fourth-order valence-electron chi connectivity index (χ4n) is 2.46. The maximum absolute atomic E-state index is 13.0. The number of halogens is 1. The van der Waals surface area contributed by atoms with Crippen LogP contribution in [0.4, 0.5) is 4.39 Å². The van der Waals surface area contributed by atoms with Gasteiger partial charge in [0.15, 0.2) is 6.10 Å². The first-order chi connectivity index (χ1) is 10.2. The highest BCUT2D eigenvalue weighted by atomic mass is 19.1. The van der Waals surface area contributed by atoms with Crippen LogP contribution >= 0.6 is 0 Å². The lowest BCUT2D eigenvalue weighted by Gasteiger charge is -2.11. The zero-order valence-corrected chi connectivity index (χ0v) is 11.5. The molecule has 1 heterocycles. The van der Waals surface area contributed by atoms with Crippen molar-refractivity contribution in [3.05, 3.63) is 65.5 Å². The molecular formula is C17H16FNO2. The summed E-state index contributed by atoms with van der Waals surface area (Å²) in [6, 6.07) is 14.1. The van der Waals surface area contributed by atoms with Crippen LogP contribution < -0.4 is 10.1 Å². The van der Waals surface area contributed by atoms with Crippen LogP contribution in [0.25, 0.3) is 0 Å². The van der Waals surface area contributed by atoms with Gasteiger partial charge in [-0.3, -0.25) is 4.79 Å². The molecule has 0 bridgehead atoms. The number of hydrogen-bond donors (Lipinski definition) is 1. The highest BCUT2D eigenvalue weighted by Gasteiger charge is 2.28. The van der Waals surface area contributed by atoms with Crippen LogP contribution in [0.15, 0.2) is 48.5 Å². The SMILES string of the molecule is O=C(NCCc1cccc(F)c1)[C@H]1Cc2ccccc2O1. The van der Waals surface area contributed by atoms with E-state index in [0.717, 1.165) is 16.9 Å². The fraction of sp³-hybridized carbons (Fsp3) is 0.235. The Morgan fingerprint density at radius 1 is 1.24 bits per heavy atom. The predicted octanol–water partition coefficient (Wildman–Crippen LogP) is 2.49. The van der Waals surface area contributed by atoms with Crippen molar-refractivity contribution in [2.45, 2.75) is 18.9 Å². The first kappa shape index (κ1) is 13.6. The lowest BCUT2D eigenvalue weighted by Crippen LogP contribution is -2.38. The molecule has 108 valence electrons. The van der Waals surface area contributed by atoms with Crippen LogP contribution in [0.2, 0.25) is 0 Å². The molecule has 1 aliphatic rings. The number of ether oxygens (including phenoxy) is 1. The molecule has 2 aromatic rings. The molecule has 0 aliphatic carbocycles. The quantitative estimate of drug-likeness (QED) is 0.937. The molecule has 3 nitrogen and oxygen atoms in total. The van der Waals surface area contributed by atoms with Gasteiger partial charge in [-0.25, -0.2) is 4.39 Å². The van der Waals surface area contributed by atoms with Crippen molar-refractivity contribution in [1.82, 2.24) is 5.32 Å². The second-order valence-electron chi connectivity index (χ2n) is 5.09. The lowest BCUT2D eigenvalue weighted by atomic mass is 10.1. The second kappa shape index (κ2) is 5.95. The third-order valence-electron chi connectivity index (χ3n) is 3.54. The van der Waals surface area contributed by atoms with E-state index in [2.05, 4.69) is 5.32 Å². The molecule has 4 heteroatoms. The van der Waals surface area contributed by atoms with Crippen LogP contribution in [0.3, 0.4) is 0 Å². The van der Waals surface area contributed by atoms with E-state index in [0.29, 0.717) is 19.4 Å². The number of rotatable bonds is 4. The van der Waals surface area contributed by atoms with Crippen molar-refractivity contribution in [3.63, 3.8) is 0 Å². The smallest absolute Gasteiger partial charge is 0.261 e. The average molecular weight is 285 g/mol. The number of carbonyl (C=O) groups excluding carboxylic acids is 1. The summed E-state index contributed by atoms with van der Waals surface area (Å²) in [5.41, 5.74) is 1.92. The van der Waals surface area contributed by atoms with Gasteiger partial charge in [0.1, 0.15) is 11.6 Å². The van der Waals surface area contributed by atoms with E-state index >= 15 is 0 Å². The summed E-state index contributed by atoms with van der Waals surface area (Å²) in [7, 11) is 0. The second-order valence-corrected chi connectivity index (χ2v) is 5.09. The van der Waals surface area contributed by atoms with E-state index < -0.39 is 6.10 Å². The number of amides is 1. The van der Waals surface area contributed by atoms with Crippen molar-refractivity contribution >= 4 is 5.91 Å². The summed E-state index contributed by atoms with van der Waals surface area (Å²) >= 11 is 0. The molecule has 0 spiro atoms. The van der Waals surface area contributed by atoms with Gasteiger partial charge in [0, 0.05) is 13.0 Å². The van der Waals surface area contributed by atoms with Gasteiger partial charge in [0.05, 0.1) is 0 Å². The van der Waals surface area contributed by atoms with Gasteiger partial charge in [0.2, 0.25) is 0 Å². The van der Waals surface area contributed by atoms with Gasteiger partial charge in [-0.2, -0.15) is 0 Å². The molecule has 3 rings (SSSR count). The van der Waals surface area contributed by atoms with Crippen molar-refractivity contribution < 1.29 is 13.9 Å². The monoisotopic (exact) mass is 285 g/mol. The van der Waals surface area contributed by atoms with Gasteiger partial charge < -0.3 is 10.1 Å². The largest absolute Gasteiger partial charge is 0.480 e. The molecule has 21 heavy (non-hydrogen) atoms. The lowest BCUT2D eigenvalue weighted by molar-refractivity contribution is -0.127. The highest BCUT2D eigenvalue weighted by molar-refractivity contribution is 5.82. The van der Waals surface area contributed by atoms with E-state index in [1.807, 2.05) is 30.3 Å². The Balaban J connectivity index is 1.50. The molecule has 0 fully saturated rings. The third-order valence-corrected chi connectivity index (χ3v) is 3.54. The molecule has 0 saturated heterocycles. The summed E-state index contributed by atoms with van der Waals surface area (Å²) < 4.78 is 18.7. The molecule has 0 radical (unpaired) electrons. The van der Waals surface area contributed by atoms with Crippen molar-refractivity contribution in [3.8, 4) is 5.75 Å². The Morgan fingerprint density at radius 3 is 2.90 bits per heavy atom. The van der Waals surface area contributed by atoms with E-state index in [4.69, 9.17) is 4.74 Å². The maximum Gasteiger partial charge on any atom is 0.261 e. The van der Waals surface area contributed by atoms with Crippen LogP contribution in [-0.2, 0) is 17.6 Å². The summed E-state index contributed by atoms with van der Waals surface area (Å²) in [6.45, 7) is 0.471. The van der Waals surface area contributed by atoms with Crippen molar-refractivity contribution in [1.29, 1.82) is 0 Å². The predicted molar refractivity (Wildman–Crippen MR) is 77.7 cm³/mol. The Kier molecular flexibility index (Phi) is 3.86. The molecule has 1 atom stereocenters. The van der Waals surface area contributed by atoms with E-state index in [1.165, 1.54) is 12.1 Å². The van der Waals surface area contributed by atoms with Crippen LogP contribution in [0, 0.1) is 5.82 Å². The van der Waals surface area contributed by atoms with Gasteiger partial charge in [-0.15, -0.1) is 0 Å². The number of fused-ring (bicyclic) bond motifs is 1. The molecule has 1 aliphatic heterocycles. The van der Waals surface area contributed by atoms with E-state index in [1.54, 1.807) is 6.07 Å². The first-order valence-corrected chi connectivity index (χ1v) is 6.99. The van der Waals surface area contributed by atoms with Crippen LogP contribution in [-0.4, -0.2) is 18.6 Å². The topological polar surface area (TPSA) is 38.3 Å². The number of carbonyl (C=O) groups is 1. The molecular weight excluding hydrogens is 269 g/mol. The number of para-hydroxylation sites is 1. The zero-order chi connectivity index (χ0) is 14.7. The van der Waals surface area contributed by atoms with Crippen molar-refractivity contribution in [2.75, 3.05) is 6.54 Å². The van der Waals surface area contributed by atoms with Crippen molar-refractivity contribution in [2.24, 2.45) is 0 Å². The number of benzene rings is 2. The first-order valence-electron chi connectivity index (χ1n) is 6.99. The molecule has 2 aromatic carbocycles. The normalized spacial score (nSPS) is 16.1. The third kappa shape index (κ3) is 3.21. The Labute approximate surface area is 122 Å². The zero-order valence-electron chi connectivity index (χ0n) is 11.5. The standard InChI is InChI=1S/C17H16FNO2/c18-14-6-3-4-12(10-14)8-9-19-17(20)16-11-13-5-1-2-7-15(13)21-16/h1-7,10,16H,8-9,11H2,(H,19,20)/t16-/m1/s1. The van der Waals surface area contributed by atoms with Gasteiger partial charge in [-0.1, -0.05) is 30.3 Å². The summed E-state index contributed by atoms with van der Waals surface area (Å²) in [4.78, 5) is 12.1. The molecule has 0 aromatic heterocycles. The molecule has 0 saturated carbocycles. The average Bonchev–Trinajstić information content (AvgIpc) is 2.91. The fourth-order valence-corrected chi connectivity index (χ4v) is 2.46. The van der Waals surface area contributed by atoms with E-state index in [-0.39, 0.29) is 11.7 Å². The van der Waals surface area contributed by atoms with Gasteiger partial charge in [0.25, 0.3) is 5.91 Å². The van der Waals surface area contributed by atoms with E-state index in [9.17, 15) is 9.18 Å². The maximum atomic E-state index is 13.0. The molecule has 1 amide bonds. The van der Waals surface area contributed by atoms with Crippen LogP contribution in [0.1, 0.15) is 11.1 Å². The Bertz CT molecular complexity index is 632. The highest BCUT2D eigenvalue weighted by Crippen LogP contribution is 2.28. The summed E-state index contributed by atoms with van der Waals surface area (Å²) in [5, 5.41) is 2.84. The molecule has 0 unspecified atom stereocenters. The minimum atomic E-state index is -0.463. The number of hydrogen-bond acceptors (Lipinski definition) is 2. The van der Waals surface area contributed by atoms with Crippen LogP contribution in [0.5, 0.6) is 5.75 Å². The van der Waals surface area contributed by atoms with Gasteiger partial charge in [-0.05, 0) is 35.7 Å². The Morgan fingerprint density at radius 2 is 2.10 bits per heavy atom. The Hall–Kier alpha value is -2.36. The summed E-state index contributed by atoms with van der Waals surface area (Å²) in [6.07, 6.45) is 0.736. The van der Waals surface area contributed by atoms with Gasteiger partial charge >= 0.3 is 0 Å². The number of nitrogens with one attached hydrogen (secondary N) is 1. The minimum absolute atomic E-state index is 0.123.